The molecule has 118 valence electrons. The van der Waals surface area contributed by atoms with E-state index < -0.39 is 11.6 Å². The maximum atomic E-state index is 13.2. The topological polar surface area (TPSA) is 49.4 Å². The van der Waals surface area contributed by atoms with E-state index in [2.05, 4.69) is 21.2 Å². The number of nitrogens with one attached hydrogen (secondary N) is 1. The van der Waals surface area contributed by atoms with Gasteiger partial charge in [-0.25, -0.2) is 9.18 Å². The highest BCUT2D eigenvalue weighted by atomic mass is 79.9. The van der Waals surface area contributed by atoms with Crippen molar-refractivity contribution in [1.82, 2.24) is 10.2 Å². The first-order valence-electron chi connectivity index (χ1n) is 7.05. The molecule has 6 heteroatoms. The van der Waals surface area contributed by atoms with Crippen molar-refractivity contribution >= 4 is 27.9 Å². The van der Waals surface area contributed by atoms with Gasteiger partial charge in [0, 0.05) is 4.47 Å². The molecule has 0 saturated carbocycles. The van der Waals surface area contributed by atoms with Crippen molar-refractivity contribution in [2.24, 2.45) is 0 Å². The van der Waals surface area contributed by atoms with Gasteiger partial charge >= 0.3 is 6.03 Å². The van der Waals surface area contributed by atoms with Crippen molar-refractivity contribution < 1.29 is 14.0 Å². The molecular formula is C17H14BrFN2O2. The second-order valence-electron chi connectivity index (χ2n) is 5.55. The zero-order valence-corrected chi connectivity index (χ0v) is 13.9. The fourth-order valence-corrected chi connectivity index (χ4v) is 3.10. The number of hydrogen-bond acceptors (Lipinski definition) is 2. The van der Waals surface area contributed by atoms with Gasteiger partial charge < -0.3 is 5.32 Å². The molecule has 1 heterocycles. The van der Waals surface area contributed by atoms with E-state index in [1.807, 2.05) is 18.2 Å². The maximum absolute atomic E-state index is 13.2. The number of benzene rings is 2. The van der Waals surface area contributed by atoms with Crippen molar-refractivity contribution in [3.8, 4) is 0 Å². The number of carbonyl (C=O) groups is 2. The Bertz CT molecular complexity index is 781. The van der Waals surface area contributed by atoms with Crippen LogP contribution in [0, 0.1) is 5.82 Å². The Kier molecular flexibility index (Phi) is 3.93. The van der Waals surface area contributed by atoms with Gasteiger partial charge in [-0.1, -0.05) is 52.3 Å². The van der Waals surface area contributed by atoms with Crippen LogP contribution in [0.4, 0.5) is 9.18 Å². The average molecular weight is 377 g/mol. The Hall–Kier alpha value is -2.21. The molecule has 0 spiro atoms. The summed E-state index contributed by atoms with van der Waals surface area (Å²) >= 11 is 3.26. The standard InChI is InChI=1S/C17H14BrFN2O2/c1-17(12-5-3-2-4-6-12)15(22)21(16(23)20-17)10-11-7-8-13(19)9-14(11)18/h2-9H,10H2,1H3,(H,20,23)/t17-/m1/s1. The Balaban J connectivity index is 1.90. The lowest BCUT2D eigenvalue weighted by molar-refractivity contribution is -0.131. The lowest BCUT2D eigenvalue weighted by Crippen LogP contribution is -2.40. The van der Waals surface area contributed by atoms with Crippen molar-refractivity contribution in [3.63, 3.8) is 0 Å². The monoisotopic (exact) mass is 376 g/mol. The van der Waals surface area contributed by atoms with E-state index in [0.717, 1.165) is 10.5 Å². The molecule has 0 aliphatic carbocycles. The molecule has 3 amide bonds. The summed E-state index contributed by atoms with van der Waals surface area (Å²) in [4.78, 5) is 26.2. The zero-order chi connectivity index (χ0) is 16.6. The van der Waals surface area contributed by atoms with Crippen LogP contribution in [0.15, 0.2) is 53.0 Å². The van der Waals surface area contributed by atoms with Crippen LogP contribution >= 0.6 is 15.9 Å². The summed E-state index contributed by atoms with van der Waals surface area (Å²) in [6, 6.07) is 12.8. The van der Waals surface area contributed by atoms with Crippen molar-refractivity contribution in [2.45, 2.75) is 19.0 Å². The third-order valence-corrected chi connectivity index (χ3v) is 4.71. The Morgan fingerprint density at radius 2 is 1.87 bits per heavy atom. The van der Waals surface area contributed by atoms with Gasteiger partial charge in [0.05, 0.1) is 6.54 Å². The fraction of sp³-hybridized carbons (Fsp3) is 0.176. The first-order chi connectivity index (χ1) is 10.9. The number of carbonyl (C=O) groups excluding carboxylic acids is 2. The summed E-state index contributed by atoms with van der Waals surface area (Å²) in [7, 11) is 0. The van der Waals surface area contributed by atoms with Crippen molar-refractivity contribution in [2.75, 3.05) is 0 Å². The van der Waals surface area contributed by atoms with E-state index in [1.54, 1.807) is 25.1 Å². The van der Waals surface area contributed by atoms with E-state index in [0.29, 0.717) is 10.0 Å². The molecule has 23 heavy (non-hydrogen) atoms. The number of amides is 3. The van der Waals surface area contributed by atoms with E-state index in [-0.39, 0.29) is 18.3 Å². The molecule has 1 saturated heterocycles. The molecular weight excluding hydrogens is 363 g/mol. The Morgan fingerprint density at radius 1 is 1.17 bits per heavy atom. The molecule has 1 N–H and O–H groups in total. The minimum Gasteiger partial charge on any atom is -0.319 e. The summed E-state index contributed by atoms with van der Waals surface area (Å²) in [5.74, 6) is -0.711. The molecule has 0 aromatic heterocycles. The Labute approximate surface area is 141 Å². The normalized spacial score (nSPS) is 20.7. The molecule has 0 bridgehead atoms. The minimum absolute atomic E-state index is 0.0773. The summed E-state index contributed by atoms with van der Waals surface area (Å²) in [5.41, 5.74) is 0.288. The smallest absolute Gasteiger partial charge is 0.319 e. The van der Waals surface area contributed by atoms with Gasteiger partial charge in [0.15, 0.2) is 0 Å². The van der Waals surface area contributed by atoms with Crippen LogP contribution in [0.1, 0.15) is 18.1 Å². The number of rotatable bonds is 3. The molecule has 4 nitrogen and oxygen atoms in total. The summed E-state index contributed by atoms with van der Waals surface area (Å²) in [5, 5.41) is 2.75. The van der Waals surface area contributed by atoms with Gasteiger partial charge in [-0.2, -0.15) is 0 Å². The quantitative estimate of drug-likeness (QED) is 0.832. The second-order valence-corrected chi connectivity index (χ2v) is 6.40. The highest BCUT2D eigenvalue weighted by Crippen LogP contribution is 2.30. The van der Waals surface area contributed by atoms with E-state index in [9.17, 15) is 14.0 Å². The van der Waals surface area contributed by atoms with Crippen LogP contribution in [-0.4, -0.2) is 16.8 Å². The van der Waals surface area contributed by atoms with E-state index >= 15 is 0 Å². The van der Waals surface area contributed by atoms with Crippen molar-refractivity contribution in [3.05, 3.63) is 69.9 Å². The summed E-state index contributed by atoms with van der Waals surface area (Å²) in [6.45, 7) is 1.76. The van der Waals surface area contributed by atoms with Crippen LogP contribution in [0.25, 0.3) is 0 Å². The predicted octanol–water partition coefficient (Wildman–Crippen LogP) is 3.56. The molecule has 0 radical (unpaired) electrons. The molecule has 1 aliphatic heterocycles. The maximum Gasteiger partial charge on any atom is 0.325 e. The first kappa shape index (κ1) is 15.7. The third-order valence-electron chi connectivity index (χ3n) is 3.97. The minimum atomic E-state index is -1.09. The largest absolute Gasteiger partial charge is 0.325 e. The molecule has 2 aromatic carbocycles. The number of hydrogen-bond donors (Lipinski definition) is 1. The van der Waals surface area contributed by atoms with E-state index in [4.69, 9.17) is 0 Å². The van der Waals surface area contributed by atoms with Crippen LogP contribution in [0.2, 0.25) is 0 Å². The van der Waals surface area contributed by atoms with E-state index in [1.165, 1.54) is 12.1 Å². The van der Waals surface area contributed by atoms with Gasteiger partial charge in [0.2, 0.25) is 0 Å². The second kappa shape index (κ2) is 5.77. The van der Waals surface area contributed by atoms with Gasteiger partial charge in [-0.15, -0.1) is 0 Å². The third kappa shape index (κ3) is 2.74. The molecule has 0 unspecified atom stereocenters. The first-order valence-corrected chi connectivity index (χ1v) is 7.84. The average Bonchev–Trinajstić information content (AvgIpc) is 2.75. The molecule has 1 aliphatic rings. The predicted molar refractivity (Wildman–Crippen MR) is 87.0 cm³/mol. The van der Waals surface area contributed by atoms with Gasteiger partial charge in [-0.3, -0.25) is 9.69 Å². The molecule has 1 atom stereocenters. The molecule has 2 aromatic rings. The van der Waals surface area contributed by atoms with Crippen molar-refractivity contribution in [1.29, 1.82) is 0 Å². The Morgan fingerprint density at radius 3 is 2.52 bits per heavy atom. The van der Waals surface area contributed by atoms with Crippen LogP contribution in [0.3, 0.4) is 0 Å². The zero-order valence-electron chi connectivity index (χ0n) is 12.3. The number of imide groups is 1. The van der Waals surface area contributed by atoms with Crippen LogP contribution in [-0.2, 0) is 16.9 Å². The molecule has 1 fully saturated rings. The lowest BCUT2D eigenvalue weighted by atomic mass is 9.92. The highest BCUT2D eigenvalue weighted by molar-refractivity contribution is 9.10. The van der Waals surface area contributed by atoms with Crippen LogP contribution in [0.5, 0.6) is 0 Å². The SMILES string of the molecule is C[C@]1(c2ccccc2)NC(=O)N(Cc2ccc(F)cc2Br)C1=O. The highest BCUT2D eigenvalue weighted by Gasteiger charge is 2.48. The fourth-order valence-electron chi connectivity index (χ4n) is 2.63. The van der Waals surface area contributed by atoms with Crippen LogP contribution < -0.4 is 5.32 Å². The molecule has 3 rings (SSSR count). The number of halogens is 2. The lowest BCUT2D eigenvalue weighted by Gasteiger charge is -2.22. The van der Waals surface area contributed by atoms with Gasteiger partial charge in [0.25, 0.3) is 5.91 Å². The summed E-state index contributed by atoms with van der Waals surface area (Å²) in [6.07, 6.45) is 0. The van der Waals surface area contributed by atoms with Gasteiger partial charge in [0.1, 0.15) is 11.4 Å². The number of nitrogens with zero attached hydrogens (tertiary/aromatic N) is 1. The van der Waals surface area contributed by atoms with Gasteiger partial charge in [-0.05, 0) is 30.2 Å². The number of urea groups is 1. The summed E-state index contributed by atoms with van der Waals surface area (Å²) < 4.78 is 13.7.